The molecule has 35 heavy (non-hydrogen) atoms. The van der Waals surface area contributed by atoms with Crippen LogP contribution in [0.4, 0.5) is 0 Å². The maximum atomic E-state index is 9.14. The standard InChI is InChI=1S/C30H26O4S/c31-21-33-27-15-7-9-23(17-27)19-29(25-11-3-1-4-12-25)35-30(26-13-5-2-6-14-26)20-24-10-8-16-28(18-24)34-22-32/h1-20,31-32H,21-22H2. The van der Waals surface area contributed by atoms with Gasteiger partial charge in [-0.1, -0.05) is 96.7 Å². The number of aliphatic hydroxyl groups is 2. The Hall–Kier alpha value is -3.77. The first-order valence-electron chi connectivity index (χ1n) is 11.1. The fourth-order valence-electron chi connectivity index (χ4n) is 3.51. The zero-order chi connectivity index (χ0) is 24.3. The largest absolute Gasteiger partial charge is 0.468 e. The average molecular weight is 483 g/mol. The molecule has 4 aromatic carbocycles. The van der Waals surface area contributed by atoms with Gasteiger partial charge in [0.2, 0.25) is 0 Å². The van der Waals surface area contributed by atoms with E-state index in [4.69, 9.17) is 19.7 Å². The Balaban J connectivity index is 1.78. The van der Waals surface area contributed by atoms with Gasteiger partial charge in [0.25, 0.3) is 0 Å². The van der Waals surface area contributed by atoms with Crippen LogP contribution in [0.5, 0.6) is 11.5 Å². The lowest BCUT2D eigenvalue weighted by Gasteiger charge is -2.13. The lowest BCUT2D eigenvalue weighted by molar-refractivity contribution is 0.0981. The van der Waals surface area contributed by atoms with Crippen LogP contribution in [0.2, 0.25) is 0 Å². The van der Waals surface area contributed by atoms with Crippen LogP contribution >= 0.6 is 11.8 Å². The zero-order valence-electron chi connectivity index (χ0n) is 19.1. The van der Waals surface area contributed by atoms with E-state index in [2.05, 4.69) is 36.4 Å². The van der Waals surface area contributed by atoms with Gasteiger partial charge in [-0.2, -0.15) is 0 Å². The van der Waals surface area contributed by atoms with Gasteiger partial charge < -0.3 is 19.7 Å². The molecule has 4 rings (SSSR count). The molecule has 0 heterocycles. The van der Waals surface area contributed by atoms with Crippen molar-refractivity contribution in [2.45, 2.75) is 0 Å². The molecule has 2 N–H and O–H groups in total. The summed E-state index contributed by atoms with van der Waals surface area (Å²) in [6.07, 6.45) is 4.23. The summed E-state index contributed by atoms with van der Waals surface area (Å²) in [7, 11) is 0. The van der Waals surface area contributed by atoms with Crippen molar-refractivity contribution in [1.82, 2.24) is 0 Å². The Morgan fingerprint density at radius 1 is 0.571 bits per heavy atom. The lowest BCUT2D eigenvalue weighted by Crippen LogP contribution is -1.94. The maximum Gasteiger partial charge on any atom is 0.186 e. The molecule has 0 fully saturated rings. The van der Waals surface area contributed by atoms with Gasteiger partial charge in [0.05, 0.1) is 0 Å². The molecule has 0 amide bonds. The monoisotopic (exact) mass is 482 g/mol. The van der Waals surface area contributed by atoms with Crippen LogP contribution in [-0.2, 0) is 0 Å². The molecule has 4 aromatic rings. The molecule has 0 aliphatic heterocycles. The highest BCUT2D eigenvalue weighted by atomic mass is 32.2. The SMILES string of the molecule is OCOc1cccc(C=C(SC(=Cc2cccc(OCO)c2)c2ccccc2)c2ccccc2)c1. The molecular weight excluding hydrogens is 456 g/mol. The van der Waals surface area contributed by atoms with Crippen LogP contribution in [0.1, 0.15) is 22.3 Å². The molecule has 0 spiro atoms. The second-order valence-corrected chi connectivity index (χ2v) is 8.63. The Morgan fingerprint density at radius 2 is 1.00 bits per heavy atom. The fourth-order valence-corrected chi connectivity index (χ4v) is 4.64. The minimum absolute atomic E-state index is 0.368. The molecule has 0 saturated carbocycles. The van der Waals surface area contributed by atoms with Crippen molar-refractivity contribution in [2.24, 2.45) is 0 Å². The number of ether oxygens (including phenoxy) is 2. The molecule has 0 aromatic heterocycles. The third-order valence-corrected chi connectivity index (χ3v) is 6.26. The van der Waals surface area contributed by atoms with E-state index in [-0.39, 0.29) is 13.6 Å². The summed E-state index contributed by atoms with van der Waals surface area (Å²) in [6.45, 7) is -0.735. The number of benzene rings is 4. The van der Waals surface area contributed by atoms with Crippen molar-refractivity contribution in [1.29, 1.82) is 0 Å². The van der Waals surface area contributed by atoms with E-state index in [1.165, 1.54) is 0 Å². The summed E-state index contributed by atoms with van der Waals surface area (Å²) in [5, 5.41) is 18.3. The van der Waals surface area contributed by atoms with Gasteiger partial charge in [-0.3, -0.25) is 0 Å². The van der Waals surface area contributed by atoms with Crippen LogP contribution in [0.25, 0.3) is 22.0 Å². The third kappa shape index (κ3) is 7.11. The summed E-state index contributed by atoms with van der Waals surface area (Å²) in [4.78, 5) is 2.12. The van der Waals surface area contributed by atoms with Gasteiger partial charge >= 0.3 is 0 Å². The van der Waals surface area contributed by atoms with E-state index in [9.17, 15) is 0 Å². The van der Waals surface area contributed by atoms with Gasteiger partial charge in [-0.05, 0) is 58.7 Å². The van der Waals surface area contributed by atoms with Crippen molar-refractivity contribution in [2.75, 3.05) is 13.6 Å². The average Bonchev–Trinajstić information content (AvgIpc) is 2.90. The smallest absolute Gasteiger partial charge is 0.186 e. The van der Waals surface area contributed by atoms with Crippen molar-refractivity contribution >= 4 is 33.7 Å². The summed E-state index contributed by atoms with van der Waals surface area (Å²) < 4.78 is 10.5. The summed E-state index contributed by atoms with van der Waals surface area (Å²) in [5.74, 6) is 1.22. The van der Waals surface area contributed by atoms with E-state index in [0.29, 0.717) is 11.5 Å². The predicted octanol–water partition coefficient (Wildman–Crippen LogP) is 6.77. The van der Waals surface area contributed by atoms with E-state index >= 15 is 0 Å². The van der Waals surface area contributed by atoms with E-state index in [0.717, 1.165) is 32.1 Å². The first-order chi connectivity index (χ1) is 17.2. The Labute approximate surface area is 209 Å². The van der Waals surface area contributed by atoms with Crippen LogP contribution < -0.4 is 9.47 Å². The van der Waals surface area contributed by atoms with Crippen LogP contribution in [0.3, 0.4) is 0 Å². The van der Waals surface area contributed by atoms with Crippen molar-refractivity contribution in [3.63, 3.8) is 0 Å². The highest BCUT2D eigenvalue weighted by molar-refractivity contribution is 8.16. The second kappa shape index (κ2) is 12.6. The topological polar surface area (TPSA) is 58.9 Å². The first kappa shape index (κ1) is 24.4. The number of aliphatic hydroxyl groups excluding tert-OH is 2. The normalized spacial score (nSPS) is 11.8. The van der Waals surface area contributed by atoms with E-state index < -0.39 is 0 Å². The second-order valence-electron chi connectivity index (χ2n) is 7.54. The van der Waals surface area contributed by atoms with Gasteiger partial charge in [0.1, 0.15) is 11.5 Å². The minimum atomic E-state index is -0.368. The van der Waals surface area contributed by atoms with Crippen LogP contribution in [-0.4, -0.2) is 23.8 Å². The summed E-state index contributed by atoms with van der Waals surface area (Å²) >= 11 is 1.67. The van der Waals surface area contributed by atoms with Crippen LogP contribution in [0, 0.1) is 0 Å². The summed E-state index contributed by atoms with van der Waals surface area (Å²) in [5.41, 5.74) is 4.11. The Bertz CT molecular complexity index is 1180. The molecule has 176 valence electrons. The predicted molar refractivity (Wildman–Crippen MR) is 145 cm³/mol. The Kier molecular flexibility index (Phi) is 8.79. The molecule has 0 bridgehead atoms. The quantitative estimate of drug-likeness (QED) is 0.193. The van der Waals surface area contributed by atoms with Gasteiger partial charge in [-0.15, -0.1) is 0 Å². The third-order valence-electron chi connectivity index (χ3n) is 5.11. The number of thioether (sulfide) groups is 1. The maximum absolute atomic E-state index is 9.14. The van der Waals surface area contributed by atoms with E-state index in [1.807, 2.05) is 84.9 Å². The first-order valence-corrected chi connectivity index (χ1v) is 12.0. The van der Waals surface area contributed by atoms with E-state index in [1.54, 1.807) is 11.8 Å². The molecular formula is C30H26O4S. The zero-order valence-corrected chi connectivity index (χ0v) is 19.9. The van der Waals surface area contributed by atoms with Gasteiger partial charge in [0.15, 0.2) is 13.6 Å². The highest BCUT2D eigenvalue weighted by Gasteiger charge is 2.10. The molecule has 0 aliphatic carbocycles. The minimum Gasteiger partial charge on any atom is -0.468 e. The van der Waals surface area contributed by atoms with Gasteiger partial charge in [-0.25, -0.2) is 0 Å². The van der Waals surface area contributed by atoms with Gasteiger partial charge in [0, 0.05) is 9.81 Å². The van der Waals surface area contributed by atoms with Crippen molar-refractivity contribution < 1.29 is 19.7 Å². The molecule has 0 radical (unpaired) electrons. The molecule has 0 unspecified atom stereocenters. The number of hydrogen-bond donors (Lipinski definition) is 2. The fraction of sp³-hybridized carbons (Fsp3) is 0.0667. The number of rotatable bonds is 10. The van der Waals surface area contributed by atoms with Crippen molar-refractivity contribution in [3.8, 4) is 11.5 Å². The molecule has 0 saturated heterocycles. The van der Waals surface area contributed by atoms with Crippen molar-refractivity contribution in [3.05, 3.63) is 131 Å². The molecule has 5 heteroatoms. The lowest BCUT2D eigenvalue weighted by atomic mass is 10.1. The Morgan fingerprint density at radius 3 is 1.40 bits per heavy atom. The highest BCUT2D eigenvalue weighted by Crippen LogP contribution is 2.41. The van der Waals surface area contributed by atoms with Crippen LogP contribution in [0.15, 0.2) is 109 Å². The summed E-state index contributed by atoms with van der Waals surface area (Å²) in [6, 6.07) is 35.7. The molecule has 0 aliphatic rings. The molecule has 4 nitrogen and oxygen atoms in total. The number of hydrogen-bond acceptors (Lipinski definition) is 5. The molecule has 0 atom stereocenters.